The van der Waals surface area contributed by atoms with Gasteiger partial charge in [-0.25, -0.2) is 4.39 Å². The van der Waals surface area contributed by atoms with E-state index < -0.39 is 0 Å². The molecule has 0 fully saturated rings. The predicted molar refractivity (Wildman–Crippen MR) is 119 cm³/mol. The van der Waals surface area contributed by atoms with Gasteiger partial charge in [0.05, 0.1) is 11.6 Å². The van der Waals surface area contributed by atoms with Gasteiger partial charge in [-0.15, -0.1) is 12.4 Å². The van der Waals surface area contributed by atoms with Crippen molar-refractivity contribution in [3.8, 4) is 11.5 Å². The second-order valence-electron chi connectivity index (χ2n) is 6.58. The van der Waals surface area contributed by atoms with Crippen molar-refractivity contribution in [3.63, 3.8) is 0 Å². The lowest BCUT2D eigenvalue weighted by Crippen LogP contribution is -2.14. The van der Waals surface area contributed by atoms with E-state index in [1.807, 2.05) is 12.1 Å². The van der Waals surface area contributed by atoms with Crippen LogP contribution in [0.4, 0.5) is 4.39 Å². The minimum atomic E-state index is -0.271. The lowest BCUT2D eigenvalue weighted by molar-refractivity contribution is 0.277. The maximum atomic E-state index is 13.8. The quantitative estimate of drug-likeness (QED) is 0.349. The summed E-state index contributed by atoms with van der Waals surface area (Å²) in [5.74, 6) is 0.955. The lowest BCUT2D eigenvalue weighted by Gasteiger charge is -2.15. The number of hydrogen-bond donors (Lipinski definition) is 1. The van der Waals surface area contributed by atoms with E-state index in [0.29, 0.717) is 17.1 Å². The summed E-state index contributed by atoms with van der Waals surface area (Å²) in [6.07, 6.45) is 6.37. The van der Waals surface area contributed by atoms with E-state index in [1.54, 1.807) is 25.3 Å². The molecule has 0 unspecified atom stereocenters. The largest absolute Gasteiger partial charge is 0.493 e. The highest BCUT2D eigenvalue weighted by Gasteiger charge is 2.13. The molecule has 6 heteroatoms. The summed E-state index contributed by atoms with van der Waals surface area (Å²) in [6, 6.07) is 10.6. The molecular formula is C22H30BrClFNO2. The van der Waals surface area contributed by atoms with Crippen LogP contribution in [0.3, 0.4) is 0 Å². The summed E-state index contributed by atoms with van der Waals surface area (Å²) in [5.41, 5.74) is 1.63. The predicted octanol–water partition coefficient (Wildman–Crippen LogP) is 6.66. The second-order valence-corrected chi connectivity index (χ2v) is 7.43. The number of ether oxygens (including phenoxy) is 2. The molecule has 0 bridgehead atoms. The molecular weight excluding hydrogens is 445 g/mol. The Morgan fingerprint density at radius 2 is 1.82 bits per heavy atom. The summed E-state index contributed by atoms with van der Waals surface area (Å²) < 4.78 is 25.9. The van der Waals surface area contributed by atoms with Gasteiger partial charge in [0.1, 0.15) is 12.4 Å². The Balaban J connectivity index is 0.00000392. The fourth-order valence-electron chi connectivity index (χ4n) is 2.87. The molecule has 2 aromatic carbocycles. The van der Waals surface area contributed by atoms with Gasteiger partial charge in [0, 0.05) is 12.1 Å². The zero-order valence-corrected chi connectivity index (χ0v) is 19.0. The van der Waals surface area contributed by atoms with Gasteiger partial charge in [0.15, 0.2) is 11.5 Å². The molecule has 0 radical (unpaired) electrons. The topological polar surface area (TPSA) is 30.5 Å². The molecule has 0 saturated heterocycles. The highest BCUT2D eigenvalue weighted by molar-refractivity contribution is 9.10. The summed E-state index contributed by atoms with van der Waals surface area (Å²) in [4.78, 5) is 0. The highest BCUT2D eigenvalue weighted by Crippen LogP contribution is 2.37. The summed E-state index contributed by atoms with van der Waals surface area (Å²) in [6.45, 7) is 4.16. The second kappa shape index (κ2) is 13.8. The van der Waals surface area contributed by atoms with Gasteiger partial charge in [-0.1, -0.05) is 50.8 Å². The molecule has 2 rings (SSSR count). The average Bonchev–Trinajstić information content (AvgIpc) is 2.67. The fourth-order valence-corrected chi connectivity index (χ4v) is 3.47. The molecule has 2 aromatic rings. The van der Waals surface area contributed by atoms with Crippen molar-refractivity contribution in [1.82, 2.24) is 5.32 Å². The Bertz CT molecular complexity index is 715. The standard InChI is InChI=1S/C22H29BrFNO2.ClH/c1-3-4-5-6-9-12-25-15-17-13-19(23)22(21(14-17)26-2)27-16-18-10-7-8-11-20(18)24;/h7-8,10-11,13-14,25H,3-6,9,12,15-16H2,1-2H3;1H. The van der Waals surface area contributed by atoms with Crippen LogP contribution >= 0.6 is 28.3 Å². The molecule has 0 aliphatic rings. The molecule has 0 aromatic heterocycles. The van der Waals surface area contributed by atoms with E-state index in [4.69, 9.17) is 9.47 Å². The van der Waals surface area contributed by atoms with Crippen LogP contribution in [0.25, 0.3) is 0 Å². The van der Waals surface area contributed by atoms with E-state index in [9.17, 15) is 4.39 Å². The first-order chi connectivity index (χ1) is 13.2. The van der Waals surface area contributed by atoms with Gasteiger partial charge in [-0.3, -0.25) is 0 Å². The first-order valence-electron chi connectivity index (χ1n) is 9.59. The van der Waals surface area contributed by atoms with E-state index in [1.165, 1.54) is 38.2 Å². The SMILES string of the molecule is CCCCCCCNCc1cc(Br)c(OCc2ccccc2F)c(OC)c1.Cl. The Morgan fingerprint density at radius 3 is 2.54 bits per heavy atom. The summed E-state index contributed by atoms with van der Waals surface area (Å²) in [7, 11) is 1.61. The average molecular weight is 475 g/mol. The fraction of sp³-hybridized carbons (Fsp3) is 0.455. The minimum absolute atomic E-state index is 0. The number of halogens is 3. The van der Waals surface area contributed by atoms with Gasteiger partial charge in [0.2, 0.25) is 0 Å². The van der Waals surface area contributed by atoms with Gasteiger partial charge in [0.25, 0.3) is 0 Å². The van der Waals surface area contributed by atoms with Crippen LogP contribution in [0.1, 0.15) is 50.2 Å². The molecule has 0 aliphatic heterocycles. The van der Waals surface area contributed by atoms with Gasteiger partial charge < -0.3 is 14.8 Å². The van der Waals surface area contributed by atoms with Crippen molar-refractivity contribution >= 4 is 28.3 Å². The molecule has 0 saturated carbocycles. The van der Waals surface area contributed by atoms with E-state index in [2.05, 4.69) is 28.2 Å². The number of benzene rings is 2. The van der Waals surface area contributed by atoms with Gasteiger partial charge in [-0.2, -0.15) is 0 Å². The van der Waals surface area contributed by atoms with Crippen LogP contribution in [0.5, 0.6) is 11.5 Å². The Morgan fingerprint density at radius 1 is 1.07 bits per heavy atom. The Hall–Kier alpha value is -1.30. The van der Waals surface area contributed by atoms with E-state index in [-0.39, 0.29) is 24.8 Å². The third-order valence-corrected chi connectivity index (χ3v) is 4.99. The summed E-state index contributed by atoms with van der Waals surface area (Å²) in [5, 5.41) is 3.48. The number of methoxy groups -OCH3 is 1. The highest BCUT2D eigenvalue weighted by atomic mass is 79.9. The van der Waals surface area contributed by atoms with Crippen LogP contribution < -0.4 is 14.8 Å². The van der Waals surface area contributed by atoms with Crippen molar-refractivity contribution in [2.24, 2.45) is 0 Å². The molecule has 0 atom stereocenters. The zero-order valence-electron chi connectivity index (χ0n) is 16.6. The maximum absolute atomic E-state index is 13.8. The lowest BCUT2D eigenvalue weighted by atomic mass is 10.1. The Labute approximate surface area is 182 Å². The van der Waals surface area contributed by atoms with Crippen molar-refractivity contribution in [3.05, 3.63) is 57.8 Å². The van der Waals surface area contributed by atoms with E-state index in [0.717, 1.165) is 23.1 Å². The molecule has 3 nitrogen and oxygen atoms in total. The van der Waals surface area contributed by atoms with Crippen molar-refractivity contribution in [1.29, 1.82) is 0 Å². The maximum Gasteiger partial charge on any atom is 0.175 e. The molecule has 0 heterocycles. The normalized spacial score (nSPS) is 10.4. The number of hydrogen-bond acceptors (Lipinski definition) is 3. The van der Waals surface area contributed by atoms with Crippen molar-refractivity contribution in [2.75, 3.05) is 13.7 Å². The zero-order chi connectivity index (χ0) is 19.5. The number of rotatable bonds is 12. The smallest absolute Gasteiger partial charge is 0.175 e. The minimum Gasteiger partial charge on any atom is -0.493 e. The van der Waals surface area contributed by atoms with Gasteiger partial charge in [-0.05, 0) is 52.7 Å². The third kappa shape index (κ3) is 7.98. The van der Waals surface area contributed by atoms with E-state index >= 15 is 0 Å². The first kappa shape index (κ1) is 24.7. The van der Waals surface area contributed by atoms with Crippen LogP contribution in [-0.2, 0) is 13.2 Å². The molecule has 0 aliphatic carbocycles. The van der Waals surface area contributed by atoms with Crippen LogP contribution in [0, 0.1) is 5.82 Å². The molecule has 28 heavy (non-hydrogen) atoms. The number of nitrogens with one attached hydrogen (secondary N) is 1. The monoisotopic (exact) mass is 473 g/mol. The van der Waals surface area contributed by atoms with Crippen LogP contribution in [-0.4, -0.2) is 13.7 Å². The molecule has 156 valence electrons. The van der Waals surface area contributed by atoms with Crippen molar-refractivity contribution in [2.45, 2.75) is 52.2 Å². The third-order valence-electron chi connectivity index (χ3n) is 4.41. The van der Waals surface area contributed by atoms with Crippen LogP contribution in [0.15, 0.2) is 40.9 Å². The molecule has 1 N–H and O–H groups in total. The molecule has 0 spiro atoms. The van der Waals surface area contributed by atoms with Gasteiger partial charge >= 0.3 is 0 Å². The first-order valence-corrected chi connectivity index (χ1v) is 10.4. The number of unbranched alkanes of at least 4 members (excludes halogenated alkanes) is 4. The van der Waals surface area contributed by atoms with Crippen molar-refractivity contribution < 1.29 is 13.9 Å². The van der Waals surface area contributed by atoms with Crippen LogP contribution in [0.2, 0.25) is 0 Å². The molecule has 0 amide bonds. The summed E-state index contributed by atoms with van der Waals surface area (Å²) >= 11 is 3.56. The Kier molecular flexibility index (Phi) is 12.2.